The molecular weight excluding hydrogens is 486 g/mol. The number of halogens is 1. The zero-order valence-corrected chi connectivity index (χ0v) is 22.5. The Balaban J connectivity index is 1.61. The monoisotopic (exact) mass is 515 g/mol. The molecule has 2 heterocycles. The van der Waals surface area contributed by atoms with E-state index in [1.165, 1.54) is 5.56 Å². The molecule has 3 aromatic carbocycles. The fourth-order valence-corrected chi connectivity index (χ4v) is 5.09. The number of hydrogen-bond donors (Lipinski definition) is 0. The molecule has 0 radical (unpaired) electrons. The lowest BCUT2D eigenvalue weighted by Crippen LogP contribution is -2.31. The van der Waals surface area contributed by atoms with Gasteiger partial charge in [0.1, 0.15) is 11.3 Å². The molecule has 1 atom stereocenters. The minimum atomic E-state index is -0.546. The van der Waals surface area contributed by atoms with Gasteiger partial charge in [-0.05, 0) is 65.3 Å². The Labute approximate surface area is 221 Å². The van der Waals surface area contributed by atoms with Crippen molar-refractivity contribution in [1.29, 1.82) is 0 Å². The van der Waals surface area contributed by atoms with Crippen LogP contribution in [-0.4, -0.2) is 24.5 Å². The van der Waals surface area contributed by atoms with Gasteiger partial charge in [0.2, 0.25) is 5.76 Å². The molecule has 0 N–H and O–H groups in total. The van der Waals surface area contributed by atoms with Crippen molar-refractivity contribution in [3.63, 3.8) is 0 Å². The number of methoxy groups -OCH3 is 1. The summed E-state index contributed by atoms with van der Waals surface area (Å²) in [5.74, 6) is 0.611. The predicted molar refractivity (Wildman–Crippen MR) is 147 cm³/mol. The average molecular weight is 516 g/mol. The molecule has 5 rings (SSSR count). The maximum Gasteiger partial charge on any atom is 0.290 e. The van der Waals surface area contributed by atoms with Gasteiger partial charge >= 0.3 is 0 Å². The Morgan fingerprint density at radius 3 is 2.30 bits per heavy atom. The van der Waals surface area contributed by atoms with Crippen molar-refractivity contribution in [2.75, 3.05) is 13.7 Å². The van der Waals surface area contributed by atoms with E-state index >= 15 is 0 Å². The van der Waals surface area contributed by atoms with E-state index in [0.717, 1.165) is 22.4 Å². The van der Waals surface area contributed by atoms with Gasteiger partial charge in [0.05, 0.1) is 24.1 Å². The summed E-state index contributed by atoms with van der Waals surface area (Å²) in [4.78, 5) is 29.3. The quantitative estimate of drug-likeness (QED) is 0.291. The van der Waals surface area contributed by atoms with Gasteiger partial charge in [0, 0.05) is 11.6 Å². The van der Waals surface area contributed by atoms with E-state index in [1.54, 1.807) is 24.1 Å². The van der Waals surface area contributed by atoms with E-state index in [4.69, 9.17) is 20.8 Å². The molecule has 1 amide bonds. The van der Waals surface area contributed by atoms with Gasteiger partial charge in [-0.15, -0.1) is 0 Å². The predicted octanol–water partition coefficient (Wildman–Crippen LogP) is 6.85. The minimum absolute atomic E-state index is 0.0141. The van der Waals surface area contributed by atoms with Gasteiger partial charge in [-0.25, -0.2) is 0 Å². The highest BCUT2D eigenvalue weighted by Crippen LogP contribution is 2.39. The fourth-order valence-electron chi connectivity index (χ4n) is 4.93. The average Bonchev–Trinajstić information content (AvgIpc) is 3.15. The normalized spacial score (nSPS) is 15.4. The van der Waals surface area contributed by atoms with Gasteiger partial charge in [-0.2, -0.15) is 0 Å². The molecule has 0 saturated carbocycles. The molecule has 1 aromatic heterocycles. The molecule has 0 fully saturated rings. The number of hydrogen-bond acceptors (Lipinski definition) is 4. The number of rotatable bonds is 5. The van der Waals surface area contributed by atoms with Crippen LogP contribution in [0.25, 0.3) is 11.0 Å². The van der Waals surface area contributed by atoms with Crippen LogP contribution in [-0.2, 0) is 11.8 Å². The second kappa shape index (κ2) is 9.38. The maximum absolute atomic E-state index is 13.8. The lowest BCUT2D eigenvalue weighted by atomic mass is 9.86. The van der Waals surface area contributed by atoms with Crippen LogP contribution in [0.2, 0.25) is 5.02 Å². The standard InChI is InChI=1S/C31H30ClNO4/c1-18-16-25-23(17-24(18)32)28(34)26-27(20-8-10-21(11-9-20)31(2,3)4)33(30(35)29(26)37-25)15-14-19-6-12-22(36-5)13-7-19/h6-13,16-17,27H,14-15H2,1-5H3. The molecule has 0 spiro atoms. The molecule has 1 unspecified atom stereocenters. The molecule has 190 valence electrons. The number of carbonyl (C=O) groups excluding carboxylic acids is 1. The van der Waals surface area contributed by atoms with Crippen LogP contribution in [0.15, 0.2) is 69.9 Å². The summed E-state index contributed by atoms with van der Waals surface area (Å²) >= 11 is 6.35. The zero-order valence-electron chi connectivity index (χ0n) is 21.7. The third kappa shape index (κ3) is 4.53. The highest BCUT2D eigenvalue weighted by atomic mass is 35.5. The minimum Gasteiger partial charge on any atom is -0.497 e. The molecule has 6 heteroatoms. The van der Waals surface area contributed by atoms with E-state index < -0.39 is 6.04 Å². The molecule has 0 aliphatic carbocycles. The van der Waals surface area contributed by atoms with Gasteiger partial charge in [0.15, 0.2) is 5.43 Å². The van der Waals surface area contributed by atoms with Crippen molar-refractivity contribution in [3.8, 4) is 5.75 Å². The second-order valence-corrected chi connectivity index (χ2v) is 11.0. The summed E-state index contributed by atoms with van der Waals surface area (Å²) in [5.41, 5.74) is 4.42. The molecule has 1 aliphatic heterocycles. The molecule has 0 bridgehead atoms. The third-order valence-corrected chi connectivity index (χ3v) is 7.55. The Hall–Kier alpha value is -3.57. The van der Waals surface area contributed by atoms with E-state index in [2.05, 4.69) is 32.9 Å². The van der Waals surface area contributed by atoms with Crippen molar-refractivity contribution in [2.24, 2.45) is 0 Å². The molecular formula is C31H30ClNO4. The third-order valence-electron chi connectivity index (χ3n) is 7.14. The van der Waals surface area contributed by atoms with Gasteiger partial charge in [-0.3, -0.25) is 9.59 Å². The number of aryl methyl sites for hydroxylation is 1. The Bertz CT molecular complexity index is 1550. The Morgan fingerprint density at radius 2 is 1.68 bits per heavy atom. The molecule has 4 aromatic rings. The highest BCUT2D eigenvalue weighted by Gasteiger charge is 2.42. The van der Waals surface area contributed by atoms with E-state index in [9.17, 15) is 9.59 Å². The van der Waals surface area contributed by atoms with Gasteiger partial charge < -0.3 is 14.1 Å². The maximum atomic E-state index is 13.8. The van der Waals surface area contributed by atoms with Crippen molar-refractivity contribution < 1.29 is 13.9 Å². The SMILES string of the molecule is COc1ccc(CCN2C(=O)c3oc4cc(C)c(Cl)cc4c(=O)c3C2c2ccc(C(C)(C)C)cc2)cc1. The number of ether oxygens (including phenoxy) is 1. The lowest BCUT2D eigenvalue weighted by molar-refractivity contribution is 0.0730. The Kier molecular flexibility index (Phi) is 6.36. The molecule has 1 aliphatic rings. The molecule has 37 heavy (non-hydrogen) atoms. The van der Waals surface area contributed by atoms with E-state index in [-0.39, 0.29) is 22.5 Å². The van der Waals surface area contributed by atoms with Crippen LogP contribution in [0.1, 0.15) is 65.2 Å². The van der Waals surface area contributed by atoms with Crippen molar-refractivity contribution >= 4 is 28.5 Å². The number of benzene rings is 3. The summed E-state index contributed by atoms with van der Waals surface area (Å²) in [6, 6.07) is 18.8. The highest BCUT2D eigenvalue weighted by molar-refractivity contribution is 6.32. The van der Waals surface area contributed by atoms with Crippen LogP contribution in [0.4, 0.5) is 0 Å². The van der Waals surface area contributed by atoms with Crippen LogP contribution in [0.5, 0.6) is 5.75 Å². The number of fused-ring (bicyclic) bond motifs is 2. The second-order valence-electron chi connectivity index (χ2n) is 10.6. The fraction of sp³-hybridized carbons (Fsp3) is 0.290. The van der Waals surface area contributed by atoms with Crippen LogP contribution in [0, 0.1) is 6.92 Å². The van der Waals surface area contributed by atoms with Gasteiger partial charge in [0.25, 0.3) is 5.91 Å². The summed E-state index contributed by atoms with van der Waals surface area (Å²) in [7, 11) is 1.63. The van der Waals surface area contributed by atoms with E-state index in [0.29, 0.717) is 34.5 Å². The van der Waals surface area contributed by atoms with Gasteiger partial charge in [-0.1, -0.05) is 68.8 Å². The number of nitrogens with zero attached hydrogens (tertiary/aromatic N) is 1. The number of carbonyl (C=O) groups is 1. The number of amides is 1. The molecule has 0 saturated heterocycles. The summed E-state index contributed by atoms with van der Waals surface area (Å²) in [5, 5.41) is 0.877. The van der Waals surface area contributed by atoms with Crippen LogP contribution in [0.3, 0.4) is 0 Å². The van der Waals surface area contributed by atoms with Crippen molar-refractivity contribution in [1.82, 2.24) is 4.90 Å². The van der Waals surface area contributed by atoms with E-state index in [1.807, 2.05) is 43.3 Å². The Morgan fingerprint density at radius 1 is 1.00 bits per heavy atom. The summed E-state index contributed by atoms with van der Waals surface area (Å²) < 4.78 is 11.4. The first-order valence-corrected chi connectivity index (χ1v) is 12.8. The zero-order chi connectivity index (χ0) is 26.5. The topological polar surface area (TPSA) is 59.8 Å². The summed E-state index contributed by atoms with van der Waals surface area (Å²) in [6.07, 6.45) is 0.624. The first-order valence-electron chi connectivity index (χ1n) is 12.4. The van der Waals surface area contributed by atoms with Crippen LogP contribution < -0.4 is 10.2 Å². The van der Waals surface area contributed by atoms with Crippen molar-refractivity contribution in [2.45, 2.75) is 45.6 Å². The van der Waals surface area contributed by atoms with Crippen molar-refractivity contribution in [3.05, 3.63) is 109 Å². The first kappa shape index (κ1) is 25.1. The van der Waals surface area contributed by atoms with Crippen LogP contribution >= 0.6 is 11.6 Å². The largest absolute Gasteiger partial charge is 0.497 e. The molecule has 5 nitrogen and oxygen atoms in total. The lowest BCUT2D eigenvalue weighted by Gasteiger charge is -2.26. The summed E-state index contributed by atoms with van der Waals surface area (Å²) in [6.45, 7) is 8.74. The first-order chi connectivity index (χ1) is 17.6. The smallest absolute Gasteiger partial charge is 0.290 e.